The molecule has 0 aliphatic heterocycles. The maximum atomic E-state index is 8.75. The number of hydrogen-bond donors (Lipinski definition) is 0. The van der Waals surface area contributed by atoms with Crippen LogP contribution in [0.25, 0.3) is 0 Å². The van der Waals surface area contributed by atoms with Crippen molar-refractivity contribution < 1.29 is 0 Å². The Morgan fingerprint density at radius 1 is 1.46 bits per heavy atom. The van der Waals surface area contributed by atoms with Crippen LogP contribution in [0.15, 0.2) is 0 Å². The molecule has 2 heteroatoms. The first kappa shape index (κ1) is 10.5. The van der Waals surface area contributed by atoms with Gasteiger partial charge in [-0.05, 0) is 26.3 Å². The fourth-order valence-electron chi connectivity index (χ4n) is 2.20. The molecule has 0 amide bonds. The molecule has 0 N–H and O–H groups in total. The second-order valence-electron chi connectivity index (χ2n) is 4.06. The zero-order valence-corrected chi connectivity index (χ0v) is 8.79. The van der Waals surface area contributed by atoms with Crippen LogP contribution < -0.4 is 0 Å². The monoisotopic (exact) mass is 180 g/mol. The lowest BCUT2D eigenvalue weighted by molar-refractivity contribution is 0.195. The van der Waals surface area contributed by atoms with Crippen molar-refractivity contribution in [2.75, 3.05) is 13.1 Å². The van der Waals surface area contributed by atoms with E-state index in [1.807, 2.05) is 6.92 Å². The molecule has 0 aromatic rings. The fourth-order valence-corrected chi connectivity index (χ4v) is 2.20. The third kappa shape index (κ3) is 3.00. The van der Waals surface area contributed by atoms with Gasteiger partial charge >= 0.3 is 0 Å². The summed E-state index contributed by atoms with van der Waals surface area (Å²) in [5, 5.41) is 8.75. The van der Waals surface area contributed by atoms with Gasteiger partial charge in [0.05, 0.1) is 12.0 Å². The molecule has 0 radical (unpaired) electrons. The van der Waals surface area contributed by atoms with Gasteiger partial charge in [0.25, 0.3) is 0 Å². The molecular formula is C11H20N2. The van der Waals surface area contributed by atoms with E-state index < -0.39 is 0 Å². The summed E-state index contributed by atoms with van der Waals surface area (Å²) >= 11 is 0. The minimum absolute atomic E-state index is 0.181. The fraction of sp³-hybridized carbons (Fsp3) is 0.909. The van der Waals surface area contributed by atoms with Crippen molar-refractivity contribution >= 4 is 0 Å². The van der Waals surface area contributed by atoms with E-state index >= 15 is 0 Å². The van der Waals surface area contributed by atoms with Crippen molar-refractivity contribution in [1.29, 1.82) is 5.26 Å². The molecule has 2 nitrogen and oxygen atoms in total. The highest BCUT2D eigenvalue weighted by Crippen LogP contribution is 2.23. The first-order valence-corrected chi connectivity index (χ1v) is 5.41. The minimum Gasteiger partial charge on any atom is -0.299 e. The Hall–Kier alpha value is -0.550. The molecular weight excluding hydrogens is 160 g/mol. The van der Waals surface area contributed by atoms with E-state index in [0.717, 1.165) is 19.1 Å². The maximum absolute atomic E-state index is 8.75. The molecule has 1 saturated carbocycles. The highest BCUT2D eigenvalue weighted by molar-refractivity contribution is 4.85. The Bertz CT molecular complexity index is 177. The zero-order chi connectivity index (χ0) is 9.68. The zero-order valence-electron chi connectivity index (χ0n) is 8.79. The third-order valence-electron chi connectivity index (χ3n) is 2.98. The van der Waals surface area contributed by atoms with Crippen molar-refractivity contribution in [2.45, 2.75) is 45.6 Å². The average Bonchev–Trinajstić information content (AvgIpc) is 2.66. The summed E-state index contributed by atoms with van der Waals surface area (Å²) in [6.07, 6.45) is 5.43. The largest absolute Gasteiger partial charge is 0.299 e. The SMILES string of the molecule is CCN(CC(C)C#N)C1CCCC1. The Labute approximate surface area is 81.5 Å². The molecule has 0 saturated heterocycles. The summed E-state index contributed by atoms with van der Waals surface area (Å²) in [4.78, 5) is 2.47. The summed E-state index contributed by atoms with van der Waals surface area (Å²) in [7, 11) is 0. The number of nitrogens with zero attached hydrogens (tertiary/aromatic N) is 2. The van der Waals surface area contributed by atoms with Gasteiger partial charge in [-0.15, -0.1) is 0 Å². The molecule has 1 aliphatic carbocycles. The van der Waals surface area contributed by atoms with Crippen molar-refractivity contribution in [3.8, 4) is 6.07 Å². The summed E-state index contributed by atoms with van der Waals surface area (Å²) in [5.74, 6) is 0.181. The van der Waals surface area contributed by atoms with Crippen LogP contribution in [0.2, 0.25) is 0 Å². The molecule has 0 heterocycles. The van der Waals surface area contributed by atoms with Gasteiger partial charge in [-0.2, -0.15) is 5.26 Å². The van der Waals surface area contributed by atoms with Gasteiger partial charge in [0.1, 0.15) is 0 Å². The van der Waals surface area contributed by atoms with E-state index in [1.54, 1.807) is 0 Å². The smallest absolute Gasteiger partial charge is 0.0666 e. The summed E-state index contributed by atoms with van der Waals surface area (Å²) in [5.41, 5.74) is 0. The Morgan fingerprint density at radius 2 is 2.08 bits per heavy atom. The first-order chi connectivity index (χ1) is 6.27. The van der Waals surface area contributed by atoms with Crippen LogP contribution in [0.3, 0.4) is 0 Å². The van der Waals surface area contributed by atoms with Gasteiger partial charge in [-0.1, -0.05) is 19.8 Å². The quantitative estimate of drug-likeness (QED) is 0.664. The summed E-state index contributed by atoms with van der Waals surface area (Å²) < 4.78 is 0. The van der Waals surface area contributed by atoms with Crippen LogP contribution >= 0.6 is 0 Å². The molecule has 1 unspecified atom stereocenters. The highest BCUT2D eigenvalue weighted by atomic mass is 15.2. The van der Waals surface area contributed by atoms with E-state index in [1.165, 1.54) is 25.7 Å². The van der Waals surface area contributed by atoms with Crippen LogP contribution in [0.4, 0.5) is 0 Å². The first-order valence-electron chi connectivity index (χ1n) is 5.41. The average molecular weight is 180 g/mol. The predicted octanol–water partition coefficient (Wildman–Crippen LogP) is 2.41. The van der Waals surface area contributed by atoms with Crippen molar-refractivity contribution in [3.63, 3.8) is 0 Å². The van der Waals surface area contributed by atoms with Gasteiger partial charge in [-0.3, -0.25) is 4.90 Å². The molecule has 0 bridgehead atoms. The van der Waals surface area contributed by atoms with Crippen LogP contribution in [-0.4, -0.2) is 24.0 Å². The number of nitriles is 1. The van der Waals surface area contributed by atoms with E-state index in [-0.39, 0.29) is 5.92 Å². The van der Waals surface area contributed by atoms with Gasteiger partial charge in [-0.25, -0.2) is 0 Å². The molecule has 74 valence electrons. The van der Waals surface area contributed by atoms with Gasteiger partial charge in [0.15, 0.2) is 0 Å². The standard InChI is InChI=1S/C11H20N2/c1-3-13(9-10(2)8-12)11-6-4-5-7-11/h10-11H,3-7,9H2,1-2H3. The summed E-state index contributed by atoms with van der Waals surface area (Å²) in [6.45, 7) is 6.26. The normalized spacial score (nSPS) is 20.5. The Balaban J connectivity index is 2.38. The van der Waals surface area contributed by atoms with Crippen molar-refractivity contribution in [1.82, 2.24) is 4.90 Å². The molecule has 1 fully saturated rings. The number of rotatable bonds is 4. The second-order valence-corrected chi connectivity index (χ2v) is 4.06. The molecule has 0 aromatic heterocycles. The minimum atomic E-state index is 0.181. The van der Waals surface area contributed by atoms with E-state index in [2.05, 4.69) is 17.9 Å². The second kappa shape index (κ2) is 5.24. The third-order valence-corrected chi connectivity index (χ3v) is 2.98. The van der Waals surface area contributed by atoms with Gasteiger partial charge in [0.2, 0.25) is 0 Å². The molecule has 1 aliphatic rings. The lowest BCUT2D eigenvalue weighted by atomic mass is 10.1. The Morgan fingerprint density at radius 3 is 2.54 bits per heavy atom. The lowest BCUT2D eigenvalue weighted by Gasteiger charge is -2.28. The van der Waals surface area contributed by atoms with Crippen molar-refractivity contribution in [2.24, 2.45) is 5.92 Å². The highest BCUT2D eigenvalue weighted by Gasteiger charge is 2.22. The van der Waals surface area contributed by atoms with Crippen LogP contribution in [0.1, 0.15) is 39.5 Å². The predicted molar refractivity (Wildman–Crippen MR) is 54.3 cm³/mol. The number of hydrogen-bond acceptors (Lipinski definition) is 2. The topological polar surface area (TPSA) is 27.0 Å². The lowest BCUT2D eigenvalue weighted by Crippen LogP contribution is -2.36. The van der Waals surface area contributed by atoms with Gasteiger partial charge < -0.3 is 0 Å². The van der Waals surface area contributed by atoms with Crippen LogP contribution in [0, 0.1) is 17.2 Å². The Kier molecular flexibility index (Phi) is 4.24. The van der Waals surface area contributed by atoms with Crippen molar-refractivity contribution in [3.05, 3.63) is 0 Å². The summed E-state index contributed by atoms with van der Waals surface area (Å²) in [6, 6.07) is 3.08. The molecule has 13 heavy (non-hydrogen) atoms. The van der Waals surface area contributed by atoms with Crippen LogP contribution in [-0.2, 0) is 0 Å². The van der Waals surface area contributed by atoms with Gasteiger partial charge in [0, 0.05) is 12.6 Å². The van der Waals surface area contributed by atoms with E-state index in [0.29, 0.717) is 0 Å². The molecule has 0 aromatic carbocycles. The molecule has 1 rings (SSSR count). The molecule has 0 spiro atoms. The molecule has 1 atom stereocenters. The van der Waals surface area contributed by atoms with Crippen LogP contribution in [0.5, 0.6) is 0 Å². The maximum Gasteiger partial charge on any atom is 0.0666 e. The van der Waals surface area contributed by atoms with E-state index in [9.17, 15) is 0 Å². The van der Waals surface area contributed by atoms with E-state index in [4.69, 9.17) is 5.26 Å².